The average Bonchev–Trinajstić information content (AvgIpc) is 2.05. The minimum atomic E-state index is -0.302. The van der Waals surface area contributed by atoms with Crippen molar-refractivity contribution in [3.63, 3.8) is 0 Å². The van der Waals surface area contributed by atoms with Crippen LogP contribution in [0, 0.1) is 5.82 Å². The molecule has 0 aliphatic rings. The van der Waals surface area contributed by atoms with E-state index >= 15 is 0 Å². The number of benzene rings is 1. The standard InChI is InChI=1S/C10H13FO/c1-2-4-8-5-3-6-10(11)9(8)7-12/h3,5-6,12H,2,4,7H2,1H3. The predicted molar refractivity (Wildman–Crippen MR) is 46.3 cm³/mol. The normalized spacial score (nSPS) is 10.2. The zero-order chi connectivity index (χ0) is 8.97. The molecule has 0 saturated carbocycles. The third-order valence-corrected chi connectivity index (χ3v) is 1.89. The fourth-order valence-corrected chi connectivity index (χ4v) is 1.28. The molecule has 0 radical (unpaired) electrons. The van der Waals surface area contributed by atoms with Gasteiger partial charge >= 0.3 is 0 Å². The zero-order valence-electron chi connectivity index (χ0n) is 7.18. The third kappa shape index (κ3) is 1.83. The lowest BCUT2D eigenvalue weighted by atomic mass is 10.0. The van der Waals surface area contributed by atoms with Gasteiger partial charge in [-0.15, -0.1) is 0 Å². The van der Waals surface area contributed by atoms with Gasteiger partial charge < -0.3 is 5.11 Å². The van der Waals surface area contributed by atoms with E-state index in [2.05, 4.69) is 0 Å². The first kappa shape index (κ1) is 9.20. The Balaban J connectivity index is 3.00. The molecule has 0 aliphatic heterocycles. The molecule has 0 heterocycles. The van der Waals surface area contributed by atoms with Gasteiger partial charge in [0, 0.05) is 5.56 Å². The molecular formula is C10H13FO. The molecule has 1 nitrogen and oxygen atoms in total. The lowest BCUT2D eigenvalue weighted by Gasteiger charge is -2.06. The number of aliphatic hydroxyl groups excluding tert-OH is 1. The van der Waals surface area contributed by atoms with E-state index in [1.54, 1.807) is 6.07 Å². The summed E-state index contributed by atoms with van der Waals surface area (Å²) in [5, 5.41) is 8.89. The fourth-order valence-electron chi connectivity index (χ4n) is 1.28. The summed E-state index contributed by atoms with van der Waals surface area (Å²) in [5.41, 5.74) is 1.36. The molecule has 2 heteroatoms. The largest absolute Gasteiger partial charge is 0.392 e. The Morgan fingerprint density at radius 1 is 1.42 bits per heavy atom. The molecule has 12 heavy (non-hydrogen) atoms. The first-order valence-corrected chi connectivity index (χ1v) is 4.16. The van der Waals surface area contributed by atoms with Crippen LogP contribution in [0.15, 0.2) is 18.2 Å². The second-order valence-corrected chi connectivity index (χ2v) is 2.79. The highest BCUT2D eigenvalue weighted by atomic mass is 19.1. The van der Waals surface area contributed by atoms with Gasteiger partial charge in [-0.3, -0.25) is 0 Å². The van der Waals surface area contributed by atoms with Gasteiger partial charge in [-0.1, -0.05) is 25.5 Å². The molecule has 0 spiro atoms. The van der Waals surface area contributed by atoms with Gasteiger partial charge in [0.05, 0.1) is 6.61 Å². The number of hydrogen-bond acceptors (Lipinski definition) is 1. The van der Waals surface area contributed by atoms with Crippen LogP contribution in [0.5, 0.6) is 0 Å². The summed E-state index contributed by atoms with van der Waals surface area (Å²) in [6.07, 6.45) is 1.80. The van der Waals surface area contributed by atoms with Gasteiger partial charge in [0.2, 0.25) is 0 Å². The van der Waals surface area contributed by atoms with Gasteiger partial charge in [-0.05, 0) is 18.1 Å². The summed E-state index contributed by atoms with van der Waals surface area (Å²) in [6.45, 7) is 1.83. The number of halogens is 1. The van der Waals surface area contributed by atoms with Crippen molar-refractivity contribution in [3.8, 4) is 0 Å². The van der Waals surface area contributed by atoms with Crippen molar-refractivity contribution in [2.75, 3.05) is 0 Å². The molecule has 0 aliphatic carbocycles. The quantitative estimate of drug-likeness (QED) is 0.734. The topological polar surface area (TPSA) is 20.2 Å². The number of aryl methyl sites for hydroxylation is 1. The highest BCUT2D eigenvalue weighted by Crippen LogP contribution is 2.14. The predicted octanol–water partition coefficient (Wildman–Crippen LogP) is 2.27. The van der Waals surface area contributed by atoms with Crippen molar-refractivity contribution in [2.24, 2.45) is 0 Å². The molecule has 0 atom stereocenters. The van der Waals surface area contributed by atoms with Gasteiger partial charge in [0.1, 0.15) is 5.82 Å². The van der Waals surface area contributed by atoms with Crippen LogP contribution in [0.25, 0.3) is 0 Å². The van der Waals surface area contributed by atoms with Crippen molar-refractivity contribution in [2.45, 2.75) is 26.4 Å². The highest BCUT2D eigenvalue weighted by Gasteiger charge is 2.05. The Labute approximate surface area is 71.9 Å². The molecule has 0 fully saturated rings. The summed E-state index contributed by atoms with van der Waals surface area (Å²) in [6, 6.07) is 4.92. The maximum Gasteiger partial charge on any atom is 0.128 e. The van der Waals surface area contributed by atoms with Crippen LogP contribution in [-0.4, -0.2) is 5.11 Å². The maximum absolute atomic E-state index is 13.0. The van der Waals surface area contributed by atoms with Gasteiger partial charge in [0.15, 0.2) is 0 Å². The lowest BCUT2D eigenvalue weighted by Crippen LogP contribution is -1.97. The second kappa shape index (κ2) is 4.21. The van der Waals surface area contributed by atoms with E-state index in [1.165, 1.54) is 6.07 Å². The number of hydrogen-bond donors (Lipinski definition) is 1. The molecule has 0 aromatic heterocycles. The van der Waals surface area contributed by atoms with E-state index in [-0.39, 0.29) is 12.4 Å². The minimum absolute atomic E-state index is 0.206. The molecule has 1 aromatic carbocycles. The fraction of sp³-hybridized carbons (Fsp3) is 0.400. The first-order chi connectivity index (χ1) is 5.79. The van der Waals surface area contributed by atoms with Crippen molar-refractivity contribution < 1.29 is 9.50 Å². The molecule has 1 N–H and O–H groups in total. The molecule has 1 rings (SSSR count). The zero-order valence-corrected chi connectivity index (χ0v) is 7.18. The van der Waals surface area contributed by atoms with Crippen molar-refractivity contribution in [1.29, 1.82) is 0 Å². The highest BCUT2D eigenvalue weighted by molar-refractivity contribution is 5.28. The van der Waals surface area contributed by atoms with Gasteiger partial charge in [0.25, 0.3) is 0 Å². The smallest absolute Gasteiger partial charge is 0.128 e. The summed E-state index contributed by atoms with van der Waals surface area (Å²) in [7, 11) is 0. The van der Waals surface area contributed by atoms with Crippen LogP contribution in [0.1, 0.15) is 24.5 Å². The maximum atomic E-state index is 13.0. The Morgan fingerprint density at radius 3 is 2.75 bits per heavy atom. The minimum Gasteiger partial charge on any atom is -0.392 e. The van der Waals surface area contributed by atoms with E-state index in [0.29, 0.717) is 5.56 Å². The van der Waals surface area contributed by atoms with Crippen LogP contribution < -0.4 is 0 Å². The van der Waals surface area contributed by atoms with Crippen LogP contribution in [0.3, 0.4) is 0 Å². The summed E-state index contributed by atoms with van der Waals surface area (Å²) in [5.74, 6) is -0.302. The van der Waals surface area contributed by atoms with Gasteiger partial charge in [-0.2, -0.15) is 0 Å². The molecule has 0 saturated heterocycles. The first-order valence-electron chi connectivity index (χ1n) is 4.16. The van der Waals surface area contributed by atoms with E-state index in [4.69, 9.17) is 5.11 Å². The molecule has 66 valence electrons. The molecular weight excluding hydrogens is 155 g/mol. The third-order valence-electron chi connectivity index (χ3n) is 1.89. The van der Waals surface area contributed by atoms with Crippen molar-refractivity contribution in [1.82, 2.24) is 0 Å². The Kier molecular flexibility index (Phi) is 3.23. The van der Waals surface area contributed by atoms with E-state index < -0.39 is 0 Å². The Morgan fingerprint density at radius 2 is 2.17 bits per heavy atom. The van der Waals surface area contributed by atoms with E-state index in [9.17, 15) is 4.39 Å². The summed E-state index contributed by atoms with van der Waals surface area (Å²) >= 11 is 0. The van der Waals surface area contributed by atoms with Crippen molar-refractivity contribution >= 4 is 0 Å². The van der Waals surface area contributed by atoms with Gasteiger partial charge in [-0.25, -0.2) is 4.39 Å². The number of aliphatic hydroxyl groups is 1. The van der Waals surface area contributed by atoms with Crippen LogP contribution in [-0.2, 0) is 13.0 Å². The van der Waals surface area contributed by atoms with Crippen molar-refractivity contribution in [3.05, 3.63) is 35.1 Å². The second-order valence-electron chi connectivity index (χ2n) is 2.79. The Bertz CT molecular complexity index is 258. The Hall–Kier alpha value is -0.890. The SMILES string of the molecule is CCCc1cccc(F)c1CO. The molecule has 1 aromatic rings. The summed E-state index contributed by atoms with van der Waals surface area (Å²) in [4.78, 5) is 0. The molecule has 0 bridgehead atoms. The summed E-state index contributed by atoms with van der Waals surface area (Å²) < 4.78 is 13.0. The molecule has 0 amide bonds. The average molecular weight is 168 g/mol. The number of rotatable bonds is 3. The van der Waals surface area contributed by atoms with Crippen LogP contribution >= 0.6 is 0 Å². The van der Waals surface area contributed by atoms with Crippen LogP contribution in [0.2, 0.25) is 0 Å². The monoisotopic (exact) mass is 168 g/mol. The lowest BCUT2D eigenvalue weighted by molar-refractivity contribution is 0.274. The van der Waals surface area contributed by atoms with E-state index in [0.717, 1.165) is 18.4 Å². The molecule has 0 unspecified atom stereocenters. The van der Waals surface area contributed by atoms with E-state index in [1.807, 2.05) is 13.0 Å². The van der Waals surface area contributed by atoms with Crippen LogP contribution in [0.4, 0.5) is 4.39 Å².